The molecule has 2 heterocycles. The summed E-state index contributed by atoms with van der Waals surface area (Å²) in [7, 11) is 1.10. The fourth-order valence-corrected chi connectivity index (χ4v) is 5.68. The average Bonchev–Trinajstić information content (AvgIpc) is 3.67. The number of fused-ring (bicyclic) bond motifs is 2. The van der Waals surface area contributed by atoms with Crippen molar-refractivity contribution in [2.45, 2.75) is 0 Å². The number of aromatic nitrogens is 1. The molecular formula is C34H29FN4O7S. The van der Waals surface area contributed by atoms with Crippen LogP contribution in [0.15, 0.2) is 81.6 Å². The Balaban J connectivity index is 1.56. The third-order valence-corrected chi connectivity index (χ3v) is 8.20. The van der Waals surface area contributed by atoms with Crippen molar-refractivity contribution in [2.24, 2.45) is 0 Å². The largest absolute Gasteiger partial charge is 0.496 e. The molecule has 240 valence electrons. The van der Waals surface area contributed by atoms with Crippen LogP contribution in [0.3, 0.4) is 0 Å². The van der Waals surface area contributed by atoms with Gasteiger partial charge in [0.15, 0.2) is 15.4 Å². The van der Waals surface area contributed by atoms with Gasteiger partial charge in [0.2, 0.25) is 5.89 Å². The van der Waals surface area contributed by atoms with Crippen LogP contribution in [0.1, 0.15) is 20.7 Å². The lowest BCUT2D eigenvalue weighted by molar-refractivity contribution is 0.0955. The summed E-state index contributed by atoms with van der Waals surface area (Å²) in [5.41, 5.74) is 4.41. The van der Waals surface area contributed by atoms with E-state index in [0.717, 1.165) is 6.26 Å². The first-order valence-corrected chi connectivity index (χ1v) is 16.4. The molecule has 0 atom stereocenters. The number of methoxy groups -OCH3 is 1. The number of furan rings is 1. The van der Waals surface area contributed by atoms with Gasteiger partial charge in [0.05, 0.1) is 18.2 Å². The number of ether oxygens (including phenoxy) is 1. The molecule has 0 saturated carbocycles. The number of anilines is 1. The van der Waals surface area contributed by atoms with Crippen LogP contribution in [0.2, 0.25) is 0 Å². The molecule has 0 bridgehead atoms. The SMILES string of the molecule is CNC(=O)c1ccc2oc(-c3cc(-c4cc5c(C(=O)NC)c(-c6ccc(F)cc6)oc5cc4NCS(C)(=O)=O)ccc3OC)nc2c1. The van der Waals surface area contributed by atoms with Crippen molar-refractivity contribution in [1.29, 1.82) is 0 Å². The molecule has 2 aromatic heterocycles. The van der Waals surface area contributed by atoms with Gasteiger partial charge in [-0.1, -0.05) is 6.07 Å². The zero-order chi connectivity index (χ0) is 33.5. The van der Waals surface area contributed by atoms with Gasteiger partial charge in [-0.05, 0) is 66.2 Å². The van der Waals surface area contributed by atoms with Crippen LogP contribution < -0.4 is 20.7 Å². The number of halogens is 1. The van der Waals surface area contributed by atoms with Crippen LogP contribution in [-0.4, -0.2) is 58.6 Å². The number of nitrogens with zero attached hydrogens (tertiary/aromatic N) is 1. The second kappa shape index (κ2) is 12.2. The predicted octanol–water partition coefficient (Wildman–Crippen LogP) is 5.86. The van der Waals surface area contributed by atoms with Crippen LogP contribution in [0.25, 0.3) is 56.0 Å². The van der Waals surface area contributed by atoms with E-state index in [1.165, 1.54) is 45.5 Å². The highest BCUT2D eigenvalue weighted by Crippen LogP contribution is 2.42. The molecule has 13 heteroatoms. The summed E-state index contributed by atoms with van der Waals surface area (Å²) in [6.45, 7) is 0. The topological polar surface area (TPSA) is 153 Å². The quantitative estimate of drug-likeness (QED) is 0.174. The monoisotopic (exact) mass is 656 g/mol. The highest BCUT2D eigenvalue weighted by atomic mass is 32.2. The summed E-state index contributed by atoms with van der Waals surface area (Å²) in [6, 6.07) is 19.1. The Bertz CT molecular complexity index is 2290. The maximum Gasteiger partial charge on any atom is 0.255 e. The molecule has 0 aliphatic carbocycles. The Morgan fingerprint density at radius 2 is 1.57 bits per heavy atom. The summed E-state index contributed by atoms with van der Waals surface area (Å²) in [4.78, 5) is 30.0. The molecule has 0 fully saturated rings. The molecule has 11 nitrogen and oxygen atoms in total. The second-order valence-corrected chi connectivity index (χ2v) is 12.9. The van der Waals surface area contributed by atoms with E-state index in [1.54, 1.807) is 48.5 Å². The molecule has 6 aromatic rings. The molecule has 0 saturated heterocycles. The zero-order valence-corrected chi connectivity index (χ0v) is 26.5. The van der Waals surface area contributed by atoms with Gasteiger partial charge < -0.3 is 29.5 Å². The molecule has 4 aromatic carbocycles. The van der Waals surface area contributed by atoms with E-state index < -0.39 is 21.6 Å². The summed E-state index contributed by atoms with van der Waals surface area (Å²) in [5, 5.41) is 8.67. The molecule has 47 heavy (non-hydrogen) atoms. The fraction of sp³-hybridized carbons (Fsp3) is 0.147. The minimum absolute atomic E-state index is 0.226. The number of hydrogen-bond acceptors (Lipinski definition) is 9. The summed E-state index contributed by atoms with van der Waals surface area (Å²) in [5.74, 6) is -0.604. The van der Waals surface area contributed by atoms with E-state index in [1.807, 2.05) is 0 Å². The van der Waals surface area contributed by atoms with E-state index in [2.05, 4.69) is 20.9 Å². The first-order valence-electron chi connectivity index (χ1n) is 14.3. The molecule has 0 aliphatic heterocycles. The third-order valence-electron chi connectivity index (χ3n) is 7.53. The number of carbonyl (C=O) groups excluding carboxylic acids is 2. The van der Waals surface area contributed by atoms with Crippen LogP contribution in [0.5, 0.6) is 5.75 Å². The third kappa shape index (κ3) is 6.12. The maximum absolute atomic E-state index is 13.7. The van der Waals surface area contributed by atoms with Gasteiger partial charge in [-0.25, -0.2) is 17.8 Å². The molecule has 2 amide bonds. The molecule has 0 unspecified atom stereocenters. The molecule has 0 aliphatic rings. The number of rotatable bonds is 9. The lowest BCUT2D eigenvalue weighted by Crippen LogP contribution is -2.18. The minimum Gasteiger partial charge on any atom is -0.496 e. The van der Waals surface area contributed by atoms with Crippen molar-refractivity contribution in [1.82, 2.24) is 15.6 Å². The Hall–Kier alpha value is -5.69. The van der Waals surface area contributed by atoms with Crippen LogP contribution in [0.4, 0.5) is 10.1 Å². The van der Waals surface area contributed by atoms with Crippen molar-refractivity contribution >= 4 is 49.4 Å². The predicted molar refractivity (Wildman–Crippen MR) is 177 cm³/mol. The Morgan fingerprint density at radius 3 is 2.26 bits per heavy atom. The normalized spacial score (nSPS) is 11.5. The van der Waals surface area contributed by atoms with E-state index >= 15 is 0 Å². The second-order valence-electron chi connectivity index (χ2n) is 10.7. The Morgan fingerprint density at radius 1 is 0.851 bits per heavy atom. The zero-order valence-electron chi connectivity index (χ0n) is 25.7. The van der Waals surface area contributed by atoms with E-state index in [0.29, 0.717) is 61.3 Å². The van der Waals surface area contributed by atoms with Gasteiger partial charge in [0, 0.05) is 54.2 Å². The minimum atomic E-state index is -3.45. The van der Waals surface area contributed by atoms with Gasteiger partial charge in [-0.3, -0.25) is 9.59 Å². The van der Waals surface area contributed by atoms with Crippen LogP contribution in [0, 0.1) is 5.82 Å². The van der Waals surface area contributed by atoms with Crippen molar-refractivity contribution in [2.75, 3.05) is 38.7 Å². The van der Waals surface area contributed by atoms with E-state index in [4.69, 9.17) is 13.6 Å². The number of benzene rings is 4. The number of sulfone groups is 1. The first kappa shape index (κ1) is 31.3. The van der Waals surface area contributed by atoms with Crippen molar-refractivity contribution in [3.05, 3.63) is 89.7 Å². The van der Waals surface area contributed by atoms with Gasteiger partial charge in [0.1, 0.15) is 34.3 Å². The van der Waals surface area contributed by atoms with Crippen LogP contribution >= 0.6 is 0 Å². The van der Waals surface area contributed by atoms with E-state index in [9.17, 15) is 22.4 Å². The van der Waals surface area contributed by atoms with Crippen LogP contribution in [-0.2, 0) is 9.84 Å². The van der Waals surface area contributed by atoms with Gasteiger partial charge in [0.25, 0.3) is 11.8 Å². The molecular weight excluding hydrogens is 627 g/mol. The Kier molecular flexibility index (Phi) is 8.16. The number of amides is 2. The average molecular weight is 657 g/mol. The van der Waals surface area contributed by atoms with Gasteiger partial charge >= 0.3 is 0 Å². The first-order chi connectivity index (χ1) is 22.5. The highest BCUT2D eigenvalue weighted by molar-refractivity contribution is 7.90. The lowest BCUT2D eigenvalue weighted by Gasteiger charge is -2.14. The molecule has 3 N–H and O–H groups in total. The Labute approximate surface area is 268 Å². The lowest BCUT2D eigenvalue weighted by atomic mass is 9.97. The summed E-state index contributed by atoms with van der Waals surface area (Å²) in [6.07, 6.45) is 1.11. The molecule has 6 rings (SSSR count). The highest BCUT2D eigenvalue weighted by Gasteiger charge is 2.25. The fourth-order valence-electron chi connectivity index (χ4n) is 5.26. The number of carbonyl (C=O) groups is 2. The van der Waals surface area contributed by atoms with Gasteiger partial charge in [-0.15, -0.1) is 0 Å². The summed E-state index contributed by atoms with van der Waals surface area (Å²) < 4.78 is 55.9. The van der Waals surface area contributed by atoms with Crippen molar-refractivity contribution < 1.29 is 36.0 Å². The van der Waals surface area contributed by atoms with E-state index in [-0.39, 0.29) is 29.0 Å². The molecule has 0 spiro atoms. The smallest absolute Gasteiger partial charge is 0.255 e. The number of hydrogen-bond donors (Lipinski definition) is 3. The van der Waals surface area contributed by atoms with Crippen molar-refractivity contribution in [3.8, 4) is 39.7 Å². The van der Waals surface area contributed by atoms with Crippen molar-refractivity contribution in [3.63, 3.8) is 0 Å². The van der Waals surface area contributed by atoms with Gasteiger partial charge in [-0.2, -0.15) is 0 Å². The standard InChI is InChI=1S/C34H29FN4O7S/c1-36-32(40)20-8-12-28-26(14-20)39-34(46-28)24-13-19(7-11-27(24)44-3)22-15-23-29(16-25(22)38-17-47(4,42)43)45-31(30(23)33(41)37-2)18-5-9-21(35)10-6-18/h5-16,38H,17H2,1-4H3,(H,36,40)(H,37,41). The molecule has 0 radical (unpaired) electrons. The summed E-state index contributed by atoms with van der Waals surface area (Å²) >= 11 is 0. The number of nitrogens with one attached hydrogen (secondary N) is 3. The maximum atomic E-state index is 13.7. The number of oxazole rings is 1.